The molecule has 1 amide bonds. The van der Waals surface area contributed by atoms with Crippen LogP contribution in [0.2, 0.25) is 5.02 Å². The van der Waals surface area contributed by atoms with Crippen LogP contribution in [0.3, 0.4) is 0 Å². The van der Waals surface area contributed by atoms with Crippen molar-refractivity contribution < 1.29 is 18.4 Å². The van der Waals surface area contributed by atoms with E-state index in [-0.39, 0.29) is 26.4 Å². The molecule has 0 spiro atoms. The highest BCUT2D eigenvalue weighted by atomic mass is 79.9. The summed E-state index contributed by atoms with van der Waals surface area (Å²) in [6.07, 6.45) is 7.40. The molecule has 1 fully saturated rings. The van der Waals surface area contributed by atoms with Gasteiger partial charge < -0.3 is 5.32 Å². The lowest BCUT2D eigenvalue weighted by Crippen LogP contribution is -2.26. The maximum Gasteiger partial charge on any atom is 0.277 e. The molecule has 1 saturated carbocycles. The van der Waals surface area contributed by atoms with E-state index in [2.05, 4.69) is 32.6 Å². The molecule has 0 bridgehead atoms. The molecular formula is C19H14BrClF2N2O2. The smallest absolute Gasteiger partial charge is 0.277 e. The predicted octanol–water partition coefficient (Wildman–Crippen LogP) is 5.18. The molecule has 0 atom stereocenters. The summed E-state index contributed by atoms with van der Waals surface area (Å²) in [5.41, 5.74) is 2.54. The van der Waals surface area contributed by atoms with Gasteiger partial charge in [-0.15, -0.1) is 6.42 Å². The van der Waals surface area contributed by atoms with Crippen LogP contribution < -0.4 is 10.8 Å². The quantitative estimate of drug-likeness (QED) is 0.359. The zero-order chi connectivity index (χ0) is 19.6. The third kappa shape index (κ3) is 4.59. The molecular weight excluding hydrogens is 442 g/mol. The Kier molecular flexibility index (Phi) is 6.00. The van der Waals surface area contributed by atoms with Crippen molar-refractivity contribution >= 4 is 44.8 Å². The van der Waals surface area contributed by atoms with Gasteiger partial charge in [-0.25, -0.2) is 14.3 Å². The van der Waals surface area contributed by atoms with Crippen molar-refractivity contribution in [2.45, 2.75) is 12.8 Å². The summed E-state index contributed by atoms with van der Waals surface area (Å²) in [5.74, 6) is -0.232. The van der Waals surface area contributed by atoms with E-state index in [0.717, 1.165) is 12.8 Å². The van der Waals surface area contributed by atoms with Gasteiger partial charge in [0, 0.05) is 5.56 Å². The zero-order valence-corrected chi connectivity index (χ0v) is 16.3. The Hall–Kier alpha value is -2.14. The standard InChI is InChI=1S/C19H14BrClF2N2O2/c1-2-10-5-6-15(14(21)7-10)24-18-12(8-13(20)16(22)17(18)23)19(26)25-27-9-11-3-4-11/h1,5-8,11,24H,3-4,9H2,(H,25,26). The highest BCUT2D eigenvalue weighted by Crippen LogP contribution is 2.34. The predicted molar refractivity (Wildman–Crippen MR) is 103 cm³/mol. The maximum absolute atomic E-state index is 14.5. The van der Waals surface area contributed by atoms with Gasteiger partial charge in [0.1, 0.15) is 0 Å². The molecule has 27 heavy (non-hydrogen) atoms. The molecule has 0 unspecified atom stereocenters. The number of benzene rings is 2. The van der Waals surface area contributed by atoms with Gasteiger partial charge in [-0.05, 0) is 59.0 Å². The number of anilines is 2. The minimum Gasteiger partial charge on any atom is -0.351 e. The van der Waals surface area contributed by atoms with Crippen molar-refractivity contribution in [1.29, 1.82) is 0 Å². The number of terminal acetylenes is 1. The van der Waals surface area contributed by atoms with E-state index in [4.69, 9.17) is 22.9 Å². The van der Waals surface area contributed by atoms with Crippen molar-refractivity contribution in [2.24, 2.45) is 5.92 Å². The molecule has 1 aliphatic rings. The molecule has 2 aromatic carbocycles. The van der Waals surface area contributed by atoms with Gasteiger partial charge in [0.2, 0.25) is 0 Å². The van der Waals surface area contributed by atoms with Crippen LogP contribution in [0.4, 0.5) is 20.2 Å². The van der Waals surface area contributed by atoms with Crippen LogP contribution in [0.25, 0.3) is 0 Å². The summed E-state index contributed by atoms with van der Waals surface area (Å²) in [6, 6.07) is 5.76. The van der Waals surface area contributed by atoms with Crippen LogP contribution in [-0.4, -0.2) is 12.5 Å². The molecule has 3 rings (SSSR count). The van der Waals surface area contributed by atoms with Crippen LogP contribution in [-0.2, 0) is 4.84 Å². The van der Waals surface area contributed by atoms with Crippen LogP contribution in [0, 0.1) is 29.9 Å². The van der Waals surface area contributed by atoms with Crippen molar-refractivity contribution in [2.75, 3.05) is 11.9 Å². The zero-order valence-electron chi connectivity index (χ0n) is 13.9. The van der Waals surface area contributed by atoms with Gasteiger partial charge in [0.05, 0.1) is 33.0 Å². The average Bonchev–Trinajstić information content (AvgIpc) is 3.47. The number of carbonyl (C=O) groups excluding carboxylic acids is 1. The summed E-state index contributed by atoms with van der Waals surface area (Å²) in [4.78, 5) is 17.5. The minimum absolute atomic E-state index is 0.145. The average molecular weight is 456 g/mol. The number of hydroxylamine groups is 1. The number of hydrogen-bond acceptors (Lipinski definition) is 3. The second-order valence-electron chi connectivity index (χ2n) is 6.06. The second kappa shape index (κ2) is 8.26. The fourth-order valence-electron chi connectivity index (χ4n) is 2.30. The Balaban J connectivity index is 1.91. The van der Waals surface area contributed by atoms with Crippen molar-refractivity contribution in [3.63, 3.8) is 0 Å². The van der Waals surface area contributed by atoms with E-state index in [0.29, 0.717) is 18.1 Å². The number of hydrogen-bond donors (Lipinski definition) is 2. The van der Waals surface area contributed by atoms with Crippen LogP contribution in [0.1, 0.15) is 28.8 Å². The van der Waals surface area contributed by atoms with E-state index in [1.165, 1.54) is 18.2 Å². The molecule has 8 heteroatoms. The highest BCUT2D eigenvalue weighted by Gasteiger charge is 2.25. The molecule has 2 N–H and O–H groups in total. The Morgan fingerprint density at radius 2 is 2.07 bits per heavy atom. The Bertz CT molecular complexity index is 942. The first-order valence-corrected chi connectivity index (χ1v) is 9.20. The summed E-state index contributed by atoms with van der Waals surface area (Å²) in [6.45, 7) is 0.374. The third-order valence-corrected chi connectivity index (χ3v) is 4.87. The molecule has 140 valence electrons. The molecule has 0 radical (unpaired) electrons. The summed E-state index contributed by atoms with van der Waals surface area (Å²) in [7, 11) is 0. The molecule has 0 saturated heterocycles. The Labute approximate surface area is 168 Å². The normalized spacial score (nSPS) is 13.1. The Morgan fingerprint density at radius 3 is 2.70 bits per heavy atom. The van der Waals surface area contributed by atoms with Gasteiger partial charge in [-0.3, -0.25) is 9.63 Å². The summed E-state index contributed by atoms with van der Waals surface area (Å²) in [5, 5.41) is 2.87. The Morgan fingerprint density at radius 1 is 1.33 bits per heavy atom. The van der Waals surface area contributed by atoms with E-state index in [9.17, 15) is 13.6 Å². The van der Waals surface area contributed by atoms with Crippen LogP contribution in [0.5, 0.6) is 0 Å². The number of nitrogens with one attached hydrogen (secondary N) is 2. The number of halogens is 4. The van der Waals surface area contributed by atoms with Crippen molar-refractivity contribution in [3.8, 4) is 12.3 Å². The van der Waals surface area contributed by atoms with Crippen LogP contribution in [0.15, 0.2) is 28.7 Å². The lowest BCUT2D eigenvalue weighted by atomic mass is 10.1. The summed E-state index contributed by atoms with van der Waals surface area (Å²) >= 11 is 9.04. The van der Waals surface area contributed by atoms with Gasteiger partial charge in [-0.2, -0.15) is 0 Å². The number of carbonyl (C=O) groups is 1. The first kappa shape index (κ1) is 19.6. The van der Waals surface area contributed by atoms with Gasteiger partial charge in [-0.1, -0.05) is 17.5 Å². The van der Waals surface area contributed by atoms with Gasteiger partial charge >= 0.3 is 0 Å². The van der Waals surface area contributed by atoms with Gasteiger partial charge in [0.25, 0.3) is 5.91 Å². The molecule has 1 aliphatic carbocycles. The highest BCUT2D eigenvalue weighted by molar-refractivity contribution is 9.10. The lowest BCUT2D eigenvalue weighted by Gasteiger charge is -2.15. The second-order valence-corrected chi connectivity index (χ2v) is 7.32. The number of amides is 1. The molecule has 4 nitrogen and oxygen atoms in total. The van der Waals surface area contributed by atoms with E-state index >= 15 is 0 Å². The topological polar surface area (TPSA) is 50.4 Å². The molecule has 0 aliphatic heterocycles. The van der Waals surface area contributed by atoms with E-state index in [1.54, 1.807) is 6.07 Å². The first-order valence-electron chi connectivity index (χ1n) is 8.03. The monoisotopic (exact) mass is 454 g/mol. The number of rotatable bonds is 6. The van der Waals surface area contributed by atoms with Crippen molar-refractivity contribution in [1.82, 2.24) is 5.48 Å². The first-order chi connectivity index (χ1) is 12.9. The minimum atomic E-state index is -1.23. The fraction of sp³-hybridized carbons (Fsp3) is 0.211. The van der Waals surface area contributed by atoms with E-state index in [1.807, 2.05) is 0 Å². The summed E-state index contributed by atoms with van der Waals surface area (Å²) < 4.78 is 28.4. The van der Waals surface area contributed by atoms with Crippen molar-refractivity contribution in [3.05, 3.63) is 56.5 Å². The molecule has 2 aromatic rings. The SMILES string of the molecule is C#Cc1ccc(Nc2c(C(=O)NOCC3CC3)cc(Br)c(F)c2F)c(Cl)c1. The van der Waals surface area contributed by atoms with E-state index < -0.39 is 17.5 Å². The lowest BCUT2D eigenvalue weighted by molar-refractivity contribution is 0.0270. The maximum atomic E-state index is 14.5. The molecule has 0 aromatic heterocycles. The molecule has 0 heterocycles. The van der Waals surface area contributed by atoms with Gasteiger partial charge in [0.15, 0.2) is 11.6 Å². The third-order valence-electron chi connectivity index (χ3n) is 3.98. The van der Waals surface area contributed by atoms with Crippen LogP contribution >= 0.6 is 27.5 Å². The fourth-order valence-corrected chi connectivity index (χ4v) is 2.93. The largest absolute Gasteiger partial charge is 0.351 e.